The first-order chi connectivity index (χ1) is 8.20. The Kier molecular flexibility index (Phi) is 5.34. The van der Waals surface area contributed by atoms with Crippen molar-refractivity contribution in [2.45, 2.75) is 6.54 Å². The smallest absolute Gasteiger partial charge is 0.238 e. The van der Waals surface area contributed by atoms with Crippen LogP contribution in [-0.4, -0.2) is 4.98 Å². The van der Waals surface area contributed by atoms with E-state index in [0.29, 0.717) is 16.3 Å². The van der Waals surface area contributed by atoms with Crippen molar-refractivity contribution in [2.75, 3.05) is 0 Å². The first-order valence-corrected chi connectivity index (χ1v) is 5.35. The molecule has 0 radical (unpaired) electrons. The zero-order valence-corrected chi connectivity index (χ0v) is 10.8. The van der Waals surface area contributed by atoms with Crippen molar-refractivity contribution in [3.05, 3.63) is 52.9 Å². The van der Waals surface area contributed by atoms with E-state index in [9.17, 15) is 4.39 Å². The van der Waals surface area contributed by atoms with Gasteiger partial charge in [0.15, 0.2) is 0 Å². The molecular weight excluding hydrogens is 278 g/mol. The Morgan fingerprint density at radius 1 is 1.33 bits per heavy atom. The zero-order chi connectivity index (χ0) is 12.3. The maximum absolute atomic E-state index is 13.4. The number of hydrogen-bond acceptors (Lipinski definition) is 3. The molecule has 0 saturated carbocycles. The van der Waals surface area contributed by atoms with Gasteiger partial charge in [-0.05, 0) is 18.2 Å². The van der Waals surface area contributed by atoms with Gasteiger partial charge in [-0.1, -0.05) is 17.7 Å². The van der Waals surface area contributed by atoms with E-state index in [1.165, 1.54) is 6.07 Å². The van der Waals surface area contributed by atoms with E-state index in [-0.39, 0.29) is 24.8 Å². The number of hydrogen-bond donors (Lipinski definition) is 1. The van der Waals surface area contributed by atoms with Crippen molar-refractivity contribution >= 4 is 24.0 Å². The van der Waals surface area contributed by atoms with Crippen LogP contribution in [0.5, 0.6) is 11.6 Å². The molecule has 18 heavy (non-hydrogen) atoms. The molecule has 0 fully saturated rings. The fourth-order valence-electron chi connectivity index (χ4n) is 1.32. The summed E-state index contributed by atoms with van der Waals surface area (Å²) in [6.07, 6.45) is 1.55. The molecule has 1 heterocycles. The lowest BCUT2D eigenvalue weighted by molar-refractivity contribution is 0.457. The second kappa shape index (κ2) is 6.54. The van der Waals surface area contributed by atoms with Gasteiger partial charge in [0.1, 0.15) is 16.6 Å². The fourth-order valence-corrected chi connectivity index (χ4v) is 1.48. The lowest BCUT2D eigenvalue weighted by Gasteiger charge is -2.07. The van der Waals surface area contributed by atoms with Gasteiger partial charge >= 0.3 is 0 Å². The summed E-state index contributed by atoms with van der Waals surface area (Å²) in [7, 11) is 0. The summed E-state index contributed by atoms with van der Waals surface area (Å²) in [6.45, 7) is 0.149. The molecule has 0 aliphatic carbocycles. The Hall–Kier alpha value is -1.36. The van der Waals surface area contributed by atoms with Crippen molar-refractivity contribution in [1.29, 1.82) is 0 Å². The van der Waals surface area contributed by atoms with Gasteiger partial charge in [-0.25, -0.2) is 9.37 Å². The first-order valence-electron chi connectivity index (χ1n) is 4.97. The highest BCUT2D eigenvalue weighted by Crippen LogP contribution is 2.27. The summed E-state index contributed by atoms with van der Waals surface area (Å²) >= 11 is 5.87. The topological polar surface area (TPSA) is 48.1 Å². The Morgan fingerprint density at radius 2 is 2.11 bits per heavy atom. The average Bonchev–Trinajstić information content (AvgIpc) is 2.32. The predicted octanol–water partition coefficient (Wildman–Crippen LogP) is 3.55. The summed E-state index contributed by atoms with van der Waals surface area (Å²) in [4.78, 5) is 3.94. The molecule has 6 heteroatoms. The van der Waals surface area contributed by atoms with Gasteiger partial charge < -0.3 is 10.5 Å². The maximum atomic E-state index is 13.4. The van der Waals surface area contributed by atoms with E-state index in [1.54, 1.807) is 30.5 Å². The molecule has 96 valence electrons. The molecule has 0 aliphatic heterocycles. The lowest BCUT2D eigenvalue weighted by Crippen LogP contribution is -1.99. The molecule has 3 nitrogen and oxygen atoms in total. The number of benzene rings is 1. The number of pyridine rings is 1. The third kappa shape index (κ3) is 3.32. The van der Waals surface area contributed by atoms with Crippen LogP contribution >= 0.6 is 24.0 Å². The minimum atomic E-state index is -0.406. The molecule has 0 saturated heterocycles. The monoisotopic (exact) mass is 288 g/mol. The zero-order valence-electron chi connectivity index (χ0n) is 9.27. The third-order valence-corrected chi connectivity index (χ3v) is 2.47. The van der Waals surface area contributed by atoms with E-state index in [4.69, 9.17) is 22.1 Å². The molecule has 0 amide bonds. The number of nitrogens with two attached hydrogens (primary N) is 1. The second-order valence-corrected chi connectivity index (χ2v) is 3.76. The van der Waals surface area contributed by atoms with Gasteiger partial charge in [0.25, 0.3) is 0 Å². The largest absolute Gasteiger partial charge is 0.437 e. The standard InChI is InChI=1S/C12H10ClFN2O.ClH/c13-10-2-1-5-16-12(10)17-9-4-3-8(7-15)11(14)6-9;/h1-6H,7,15H2;1H. The predicted molar refractivity (Wildman–Crippen MR) is 70.9 cm³/mol. The fraction of sp³-hybridized carbons (Fsp3) is 0.0833. The van der Waals surface area contributed by atoms with Crippen LogP contribution in [0.15, 0.2) is 36.5 Å². The summed E-state index contributed by atoms with van der Waals surface area (Å²) in [5.74, 6) is 0.173. The molecule has 2 rings (SSSR count). The van der Waals surface area contributed by atoms with E-state index >= 15 is 0 Å². The van der Waals surface area contributed by atoms with Crippen molar-refractivity contribution in [3.8, 4) is 11.6 Å². The van der Waals surface area contributed by atoms with Gasteiger partial charge in [-0.2, -0.15) is 0 Å². The van der Waals surface area contributed by atoms with Crippen molar-refractivity contribution < 1.29 is 9.13 Å². The number of ether oxygens (including phenoxy) is 1. The Labute approximate surface area is 115 Å². The highest BCUT2D eigenvalue weighted by molar-refractivity contribution is 6.31. The maximum Gasteiger partial charge on any atom is 0.238 e. The molecule has 2 N–H and O–H groups in total. The number of halogens is 3. The van der Waals surface area contributed by atoms with Gasteiger partial charge in [0.2, 0.25) is 5.88 Å². The summed E-state index contributed by atoms with van der Waals surface area (Å²) in [5, 5.41) is 0.371. The average molecular weight is 289 g/mol. The summed E-state index contributed by atoms with van der Waals surface area (Å²) < 4.78 is 18.8. The summed E-state index contributed by atoms with van der Waals surface area (Å²) in [6, 6.07) is 7.78. The van der Waals surface area contributed by atoms with Crippen LogP contribution in [0, 0.1) is 5.82 Å². The molecule has 1 aromatic heterocycles. The Morgan fingerprint density at radius 3 is 2.72 bits per heavy atom. The minimum absolute atomic E-state index is 0. The lowest BCUT2D eigenvalue weighted by atomic mass is 10.2. The highest BCUT2D eigenvalue weighted by Gasteiger charge is 2.06. The van der Waals surface area contributed by atoms with Gasteiger partial charge in [-0.3, -0.25) is 0 Å². The van der Waals surface area contributed by atoms with Crippen LogP contribution in [0.3, 0.4) is 0 Å². The molecule has 2 aromatic rings. The van der Waals surface area contributed by atoms with Crippen LogP contribution in [0.25, 0.3) is 0 Å². The Bertz CT molecular complexity index is 537. The molecule has 0 spiro atoms. The van der Waals surface area contributed by atoms with Crippen molar-refractivity contribution in [1.82, 2.24) is 4.98 Å². The molecular formula is C12H11Cl2FN2O. The molecule has 0 atom stereocenters. The molecule has 0 aliphatic rings. The molecule has 0 bridgehead atoms. The van der Waals surface area contributed by atoms with E-state index in [1.807, 2.05) is 0 Å². The quantitative estimate of drug-likeness (QED) is 0.940. The number of rotatable bonds is 3. The minimum Gasteiger partial charge on any atom is -0.437 e. The normalized spacial score (nSPS) is 9.72. The van der Waals surface area contributed by atoms with Gasteiger partial charge in [-0.15, -0.1) is 12.4 Å². The third-order valence-electron chi connectivity index (χ3n) is 2.18. The molecule has 0 unspecified atom stereocenters. The van der Waals surface area contributed by atoms with Crippen LogP contribution in [0.4, 0.5) is 4.39 Å². The SMILES string of the molecule is Cl.NCc1ccc(Oc2ncccc2Cl)cc1F. The van der Waals surface area contributed by atoms with Crippen LogP contribution < -0.4 is 10.5 Å². The highest BCUT2D eigenvalue weighted by atomic mass is 35.5. The second-order valence-electron chi connectivity index (χ2n) is 3.35. The molecule has 1 aromatic carbocycles. The van der Waals surface area contributed by atoms with Crippen LogP contribution in [-0.2, 0) is 6.54 Å². The first kappa shape index (κ1) is 14.7. The van der Waals surface area contributed by atoms with Crippen LogP contribution in [0.2, 0.25) is 5.02 Å². The number of aromatic nitrogens is 1. The van der Waals surface area contributed by atoms with E-state index < -0.39 is 5.82 Å². The summed E-state index contributed by atoms with van der Waals surface area (Å²) in [5.41, 5.74) is 5.80. The van der Waals surface area contributed by atoms with Crippen molar-refractivity contribution in [2.24, 2.45) is 5.73 Å². The van der Waals surface area contributed by atoms with Gasteiger partial charge in [0.05, 0.1) is 0 Å². The van der Waals surface area contributed by atoms with E-state index in [2.05, 4.69) is 4.98 Å². The van der Waals surface area contributed by atoms with Crippen molar-refractivity contribution in [3.63, 3.8) is 0 Å². The van der Waals surface area contributed by atoms with E-state index in [0.717, 1.165) is 0 Å². The number of nitrogens with zero attached hydrogens (tertiary/aromatic N) is 1. The Balaban J connectivity index is 0.00000162. The van der Waals surface area contributed by atoms with Gasteiger partial charge in [0, 0.05) is 24.4 Å². The van der Waals surface area contributed by atoms with Crippen LogP contribution in [0.1, 0.15) is 5.56 Å².